The predicted octanol–water partition coefficient (Wildman–Crippen LogP) is 1.02. The molecule has 0 heterocycles. The van der Waals surface area contributed by atoms with Crippen LogP contribution in [0.15, 0.2) is 0 Å². The lowest BCUT2D eigenvalue weighted by molar-refractivity contribution is 0.0678. The molecule has 0 amide bonds. The summed E-state index contributed by atoms with van der Waals surface area (Å²) in [6, 6.07) is 0. The summed E-state index contributed by atoms with van der Waals surface area (Å²) in [5, 5.41) is 3.05. The molecular weight excluding hydrogens is 114 g/mol. The van der Waals surface area contributed by atoms with Crippen LogP contribution in [-0.4, -0.2) is 26.3 Å². The first-order valence-corrected chi connectivity index (χ1v) is 3.57. The molecule has 0 aliphatic rings. The molecule has 0 aliphatic heterocycles. The molecule has 0 unspecified atom stereocenters. The molecule has 0 spiro atoms. The van der Waals surface area contributed by atoms with Gasteiger partial charge in [0.1, 0.15) is 0 Å². The van der Waals surface area contributed by atoms with Crippen molar-refractivity contribution in [3.63, 3.8) is 0 Å². The molecule has 0 aromatic heterocycles. The van der Waals surface area contributed by atoms with Crippen LogP contribution in [0.1, 0.15) is 20.3 Å². The molecule has 0 saturated heterocycles. The minimum atomic E-state index is 0.356. The molecule has 0 fully saturated rings. The molecule has 2 nitrogen and oxygen atoms in total. The highest BCUT2D eigenvalue weighted by Gasteiger charge is 1.96. The van der Waals surface area contributed by atoms with Gasteiger partial charge in [-0.2, -0.15) is 0 Å². The van der Waals surface area contributed by atoms with Gasteiger partial charge in [0.25, 0.3) is 0 Å². The molecule has 1 N–H and O–H groups in total. The van der Waals surface area contributed by atoms with Gasteiger partial charge in [0.05, 0.1) is 6.10 Å². The van der Waals surface area contributed by atoms with Gasteiger partial charge >= 0.3 is 0 Å². The summed E-state index contributed by atoms with van der Waals surface area (Å²) in [4.78, 5) is 0. The van der Waals surface area contributed by atoms with Gasteiger partial charge in [0.2, 0.25) is 0 Å². The van der Waals surface area contributed by atoms with Crippen LogP contribution in [0, 0.1) is 0 Å². The molecule has 0 aliphatic carbocycles. The Bertz CT molecular complexity index is 56.9. The second-order valence-electron chi connectivity index (χ2n) is 2.24. The average Bonchev–Trinajstić information content (AvgIpc) is 1.85. The fraction of sp³-hybridized carbons (Fsp3) is 1.00. The zero-order valence-electron chi connectivity index (χ0n) is 6.61. The second kappa shape index (κ2) is 6.05. The van der Waals surface area contributed by atoms with Crippen molar-refractivity contribution in [1.29, 1.82) is 0 Å². The van der Waals surface area contributed by atoms with E-state index in [1.807, 2.05) is 7.05 Å². The molecular formula is C7H17NO. The molecule has 0 rings (SSSR count). The van der Waals surface area contributed by atoms with Gasteiger partial charge in [-0.1, -0.05) is 6.92 Å². The number of hydrogen-bond acceptors (Lipinski definition) is 2. The van der Waals surface area contributed by atoms with E-state index in [4.69, 9.17) is 4.74 Å². The Hall–Kier alpha value is -0.0800. The largest absolute Gasteiger partial charge is 0.377 e. The summed E-state index contributed by atoms with van der Waals surface area (Å²) in [6.07, 6.45) is 1.46. The van der Waals surface area contributed by atoms with Crippen LogP contribution in [0.3, 0.4) is 0 Å². The summed E-state index contributed by atoms with van der Waals surface area (Å²) in [5.41, 5.74) is 0. The molecule has 0 saturated carbocycles. The van der Waals surface area contributed by atoms with Crippen LogP contribution in [0.25, 0.3) is 0 Å². The quantitative estimate of drug-likeness (QED) is 0.601. The van der Waals surface area contributed by atoms with Gasteiger partial charge in [-0.15, -0.1) is 0 Å². The first-order valence-electron chi connectivity index (χ1n) is 3.57. The SMILES string of the molecule is CCCO[C@@H](C)CNC. The third-order valence-corrected chi connectivity index (χ3v) is 1.10. The fourth-order valence-corrected chi connectivity index (χ4v) is 0.665. The number of ether oxygens (including phenoxy) is 1. The third-order valence-electron chi connectivity index (χ3n) is 1.10. The second-order valence-corrected chi connectivity index (χ2v) is 2.24. The van der Waals surface area contributed by atoms with E-state index < -0.39 is 0 Å². The van der Waals surface area contributed by atoms with Gasteiger partial charge in [-0.25, -0.2) is 0 Å². The maximum atomic E-state index is 5.37. The van der Waals surface area contributed by atoms with Gasteiger partial charge in [-0.05, 0) is 20.4 Å². The van der Waals surface area contributed by atoms with Crippen molar-refractivity contribution in [1.82, 2.24) is 5.32 Å². The zero-order valence-corrected chi connectivity index (χ0v) is 6.61. The van der Waals surface area contributed by atoms with Crippen molar-refractivity contribution < 1.29 is 4.74 Å². The van der Waals surface area contributed by atoms with Crippen LogP contribution < -0.4 is 5.32 Å². The topological polar surface area (TPSA) is 21.3 Å². The number of hydrogen-bond donors (Lipinski definition) is 1. The van der Waals surface area contributed by atoms with Gasteiger partial charge < -0.3 is 10.1 Å². The first-order chi connectivity index (χ1) is 4.31. The van der Waals surface area contributed by atoms with Crippen molar-refractivity contribution in [3.8, 4) is 0 Å². The first kappa shape index (κ1) is 8.92. The minimum Gasteiger partial charge on any atom is -0.377 e. The van der Waals surface area contributed by atoms with Crippen LogP contribution in [0.5, 0.6) is 0 Å². The van der Waals surface area contributed by atoms with Gasteiger partial charge in [-0.3, -0.25) is 0 Å². The molecule has 2 heteroatoms. The maximum Gasteiger partial charge on any atom is 0.0671 e. The Morgan fingerprint density at radius 1 is 1.56 bits per heavy atom. The van der Waals surface area contributed by atoms with Crippen LogP contribution in [0.4, 0.5) is 0 Å². The summed E-state index contributed by atoms with van der Waals surface area (Å²) < 4.78 is 5.37. The molecule has 9 heavy (non-hydrogen) atoms. The number of likely N-dealkylation sites (N-methyl/N-ethyl adjacent to an activating group) is 1. The molecule has 56 valence electrons. The van der Waals surface area contributed by atoms with E-state index in [9.17, 15) is 0 Å². The van der Waals surface area contributed by atoms with Gasteiger partial charge in [0, 0.05) is 13.2 Å². The zero-order chi connectivity index (χ0) is 7.11. The Labute approximate surface area is 57.6 Å². The highest BCUT2D eigenvalue weighted by atomic mass is 16.5. The normalized spacial score (nSPS) is 13.7. The van der Waals surface area contributed by atoms with E-state index in [0.29, 0.717) is 6.10 Å². The van der Waals surface area contributed by atoms with Crippen molar-refractivity contribution in [2.45, 2.75) is 26.4 Å². The summed E-state index contributed by atoms with van der Waals surface area (Å²) in [5.74, 6) is 0. The standard InChI is InChI=1S/C7H17NO/c1-4-5-9-7(2)6-8-3/h7-8H,4-6H2,1-3H3/t7-/m0/s1. The smallest absolute Gasteiger partial charge is 0.0671 e. The molecule has 1 atom stereocenters. The lowest BCUT2D eigenvalue weighted by Gasteiger charge is -2.10. The Morgan fingerprint density at radius 2 is 2.22 bits per heavy atom. The van der Waals surface area contributed by atoms with Crippen molar-refractivity contribution in [2.24, 2.45) is 0 Å². The molecule has 0 aromatic rings. The van der Waals surface area contributed by atoms with Gasteiger partial charge in [0.15, 0.2) is 0 Å². The minimum absolute atomic E-state index is 0.356. The van der Waals surface area contributed by atoms with Crippen molar-refractivity contribution in [2.75, 3.05) is 20.2 Å². The van der Waals surface area contributed by atoms with Crippen LogP contribution >= 0.6 is 0 Å². The Morgan fingerprint density at radius 3 is 2.67 bits per heavy atom. The number of rotatable bonds is 5. The molecule has 0 radical (unpaired) electrons. The highest BCUT2D eigenvalue weighted by molar-refractivity contribution is 4.50. The summed E-state index contributed by atoms with van der Waals surface area (Å²) in [7, 11) is 1.94. The molecule has 0 bridgehead atoms. The van der Waals surface area contributed by atoms with Crippen LogP contribution in [-0.2, 0) is 4.74 Å². The van der Waals surface area contributed by atoms with E-state index in [1.54, 1.807) is 0 Å². The van der Waals surface area contributed by atoms with E-state index in [2.05, 4.69) is 19.2 Å². The Kier molecular flexibility index (Phi) is 5.99. The highest BCUT2D eigenvalue weighted by Crippen LogP contribution is 1.88. The average molecular weight is 131 g/mol. The predicted molar refractivity (Wildman–Crippen MR) is 39.6 cm³/mol. The summed E-state index contributed by atoms with van der Waals surface area (Å²) in [6.45, 7) is 6.01. The fourth-order valence-electron chi connectivity index (χ4n) is 0.665. The monoisotopic (exact) mass is 131 g/mol. The van der Waals surface area contributed by atoms with Crippen molar-refractivity contribution >= 4 is 0 Å². The number of nitrogens with one attached hydrogen (secondary N) is 1. The maximum absolute atomic E-state index is 5.37. The third kappa shape index (κ3) is 5.80. The lowest BCUT2D eigenvalue weighted by atomic mass is 10.4. The Balaban J connectivity index is 2.95. The van der Waals surface area contributed by atoms with Crippen LogP contribution in [0.2, 0.25) is 0 Å². The van der Waals surface area contributed by atoms with E-state index >= 15 is 0 Å². The lowest BCUT2D eigenvalue weighted by Crippen LogP contribution is -2.23. The van der Waals surface area contributed by atoms with E-state index in [-0.39, 0.29) is 0 Å². The van der Waals surface area contributed by atoms with E-state index in [0.717, 1.165) is 19.6 Å². The summed E-state index contributed by atoms with van der Waals surface area (Å²) >= 11 is 0. The van der Waals surface area contributed by atoms with Crippen molar-refractivity contribution in [3.05, 3.63) is 0 Å². The van der Waals surface area contributed by atoms with E-state index in [1.165, 1.54) is 0 Å². The molecule has 0 aromatic carbocycles.